The second-order valence-corrected chi connectivity index (χ2v) is 7.14. The van der Waals surface area contributed by atoms with Crippen molar-refractivity contribution < 1.29 is 22.7 Å². The lowest BCUT2D eigenvalue weighted by atomic mass is 10.2. The number of methoxy groups -OCH3 is 1. The highest BCUT2D eigenvalue weighted by Crippen LogP contribution is 2.25. The fourth-order valence-corrected chi connectivity index (χ4v) is 3.87. The predicted octanol–water partition coefficient (Wildman–Crippen LogP) is 0.356. The number of ether oxygens (including phenoxy) is 1. The summed E-state index contributed by atoms with van der Waals surface area (Å²) < 4.78 is 31.4. The normalized spacial score (nSPS) is 16.4. The number of carbonyl (C=O) groups excluding carboxylic acids is 2. The van der Waals surface area contributed by atoms with Crippen LogP contribution in [0.5, 0.6) is 0 Å². The smallest absolute Gasteiger partial charge is 0.339 e. The van der Waals surface area contributed by atoms with Gasteiger partial charge in [-0.25, -0.2) is 13.2 Å². The molecule has 1 aromatic carbocycles. The average molecular weight is 377 g/mol. The second-order valence-electron chi connectivity index (χ2n) is 4.32. The Hall–Kier alpha value is -1.45. The molecule has 0 aromatic heterocycles. The van der Waals surface area contributed by atoms with Gasteiger partial charge in [-0.05, 0) is 18.2 Å². The number of carbonyl (C=O) groups is 2. The zero-order valence-corrected chi connectivity index (χ0v) is 13.5. The molecule has 1 saturated heterocycles. The van der Waals surface area contributed by atoms with Crippen molar-refractivity contribution in [3.8, 4) is 0 Å². The van der Waals surface area contributed by atoms with Crippen LogP contribution in [0.15, 0.2) is 27.6 Å². The van der Waals surface area contributed by atoms with E-state index >= 15 is 0 Å². The second kappa shape index (κ2) is 6.12. The van der Waals surface area contributed by atoms with E-state index in [2.05, 4.69) is 26.0 Å². The highest BCUT2D eigenvalue weighted by Gasteiger charge is 2.32. The molecule has 7 nitrogen and oxygen atoms in total. The van der Waals surface area contributed by atoms with Crippen LogP contribution in [0.25, 0.3) is 0 Å². The first-order chi connectivity index (χ1) is 9.86. The maximum atomic E-state index is 12.6. The van der Waals surface area contributed by atoms with E-state index in [4.69, 9.17) is 0 Å². The van der Waals surface area contributed by atoms with Crippen LogP contribution in [0.3, 0.4) is 0 Å². The molecule has 114 valence electrons. The van der Waals surface area contributed by atoms with Crippen molar-refractivity contribution >= 4 is 37.8 Å². The van der Waals surface area contributed by atoms with Crippen LogP contribution < -0.4 is 5.32 Å². The number of halogens is 1. The topological polar surface area (TPSA) is 92.8 Å². The van der Waals surface area contributed by atoms with E-state index < -0.39 is 16.0 Å². The number of esters is 1. The molecule has 0 aliphatic carbocycles. The zero-order valence-electron chi connectivity index (χ0n) is 11.1. The highest BCUT2D eigenvalue weighted by atomic mass is 79.9. The predicted molar refractivity (Wildman–Crippen MR) is 77.3 cm³/mol. The summed E-state index contributed by atoms with van der Waals surface area (Å²) in [5.74, 6) is -1.13. The molecule has 0 atom stereocenters. The monoisotopic (exact) mass is 376 g/mol. The van der Waals surface area contributed by atoms with Crippen LogP contribution in [0, 0.1) is 0 Å². The Kier molecular flexibility index (Phi) is 4.64. The Morgan fingerprint density at radius 3 is 2.76 bits per heavy atom. The van der Waals surface area contributed by atoms with Crippen LogP contribution in [0.4, 0.5) is 0 Å². The number of rotatable bonds is 3. The molecule has 0 bridgehead atoms. The number of sulfonamides is 1. The third-order valence-electron chi connectivity index (χ3n) is 2.97. The summed E-state index contributed by atoms with van der Waals surface area (Å²) in [5.41, 5.74) is -0.0714. The minimum atomic E-state index is -3.95. The van der Waals surface area contributed by atoms with Gasteiger partial charge in [0.1, 0.15) is 0 Å². The van der Waals surface area contributed by atoms with Gasteiger partial charge < -0.3 is 10.1 Å². The van der Waals surface area contributed by atoms with E-state index in [9.17, 15) is 18.0 Å². The fourth-order valence-electron chi connectivity index (χ4n) is 1.96. The van der Waals surface area contributed by atoms with Crippen LogP contribution in [0.2, 0.25) is 0 Å². The molecule has 0 saturated carbocycles. The Bertz CT molecular complexity index is 689. The number of hydrogen-bond acceptors (Lipinski definition) is 5. The molecule has 1 aliphatic rings. The van der Waals surface area contributed by atoms with E-state index in [1.54, 1.807) is 0 Å². The Morgan fingerprint density at radius 1 is 1.43 bits per heavy atom. The number of benzene rings is 1. The fraction of sp³-hybridized carbons (Fsp3) is 0.333. The standard InChI is InChI=1S/C12H13BrN2O5S/c1-20-12(17)9-6-8(13)2-3-10(9)21(18,19)15-5-4-14-11(16)7-15/h2-3,6H,4-5,7H2,1H3,(H,14,16). The zero-order chi connectivity index (χ0) is 15.6. The molecular formula is C12H13BrN2O5S. The Morgan fingerprint density at radius 2 is 2.14 bits per heavy atom. The summed E-state index contributed by atoms with van der Waals surface area (Å²) in [6, 6.07) is 4.21. The molecule has 1 N–H and O–H groups in total. The number of nitrogens with zero attached hydrogens (tertiary/aromatic N) is 1. The third kappa shape index (κ3) is 3.25. The van der Waals surface area contributed by atoms with Crippen molar-refractivity contribution in [1.29, 1.82) is 0 Å². The quantitative estimate of drug-likeness (QED) is 0.768. The first-order valence-corrected chi connectivity index (χ1v) is 8.24. The van der Waals surface area contributed by atoms with Gasteiger partial charge in [0.05, 0.1) is 24.1 Å². The number of amides is 1. The number of nitrogens with one attached hydrogen (secondary N) is 1. The maximum absolute atomic E-state index is 12.6. The molecular weight excluding hydrogens is 364 g/mol. The van der Waals surface area contributed by atoms with Crippen LogP contribution in [-0.2, 0) is 19.6 Å². The minimum Gasteiger partial charge on any atom is -0.465 e. The van der Waals surface area contributed by atoms with E-state index in [0.29, 0.717) is 4.47 Å². The van der Waals surface area contributed by atoms with Crippen LogP contribution >= 0.6 is 15.9 Å². The molecule has 21 heavy (non-hydrogen) atoms. The summed E-state index contributed by atoms with van der Waals surface area (Å²) in [4.78, 5) is 23.0. The lowest BCUT2D eigenvalue weighted by molar-refractivity contribution is -0.122. The van der Waals surface area contributed by atoms with Crippen LogP contribution in [0.1, 0.15) is 10.4 Å². The van der Waals surface area contributed by atoms with Gasteiger partial charge in [0, 0.05) is 17.6 Å². The summed E-state index contributed by atoms with van der Waals surface area (Å²) >= 11 is 3.19. The Balaban J connectivity index is 2.49. The van der Waals surface area contributed by atoms with Crippen LogP contribution in [-0.4, -0.2) is 51.3 Å². The molecule has 9 heteroatoms. The molecule has 1 amide bonds. The minimum absolute atomic E-state index is 0.0714. The molecule has 1 heterocycles. The highest BCUT2D eigenvalue weighted by molar-refractivity contribution is 9.10. The van der Waals surface area contributed by atoms with Crippen molar-refractivity contribution in [2.24, 2.45) is 0 Å². The average Bonchev–Trinajstić information content (AvgIpc) is 2.46. The van der Waals surface area contributed by atoms with Gasteiger partial charge in [-0.2, -0.15) is 4.31 Å². The van der Waals surface area contributed by atoms with Gasteiger partial charge in [0.15, 0.2) is 0 Å². The summed E-state index contributed by atoms with van der Waals surface area (Å²) in [5, 5.41) is 2.55. The van der Waals surface area contributed by atoms with Gasteiger partial charge in [-0.3, -0.25) is 4.79 Å². The maximum Gasteiger partial charge on any atom is 0.339 e. The van der Waals surface area contributed by atoms with Gasteiger partial charge in [-0.15, -0.1) is 0 Å². The summed E-state index contributed by atoms with van der Waals surface area (Å²) in [6.07, 6.45) is 0. The SMILES string of the molecule is COC(=O)c1cc(Br)ccc1S(=O)(=O)N1CCNC(=O)C1. The first kappa shape index (κ1) is 15.9. The lowest BCUT2D eigenvalue weighted by Crippen LogP contribution is -2.50. The van der Waals surface area contributed by atoms with Gasteiger partial charge in [-0.1, -0.05) is 15.9 Å². The van der Waals surface area contributed by atoms with E-state index in [1.807, 2.05) is 0 Å². The summed E-state index contributed by atoms with van der Waals surface area (Å²) in [7, 11) is -2.77. The largest absolute Gasteiger partial charge is 0.465 e. The van der Waals surface area contributed by atoms with Gasteiger partial charge >= 0.3 is 5.97 Å². The summed E-state index contributed by atoms with van der Waals surface area (Å²) in [6.45, 7) is 0.131. The molecule has 1 aliphatic heterocycles. The Labute approximate surface area is 130 Å². The molecule has 0 radical (unpaired) electrons. The van der Waals surface area contributed by atoms with E-state index in [0.717, 1.165) is 4.31 Å². The molecule has 1 fully saturated rings. The van der Waals surface area contributed by atoms with Gasteiger partial charge in [0.25, 0.3) is 0 Å². The molecule has 0 unspecified atom stereocenters. The molecule has 0 spiro atoms. The number of hydrogen-bond donors (Lipinski definition) is 1. The van der Waals surface area contributed by atoms with E-state index in [1.165, 1.54) is 25.3 Å². The van der Waals surface area contributed by atoms with Crippen molar-refractivity contribution in [3.63, 3.8) is 0 Å². The van der Waals surface area contributed by atoms with Crippen molar-refractivity contribution in [2.75, 3.05) is 26.7 Å². The lowest BCUT2D eigenvalue weighted by Gasteiger charge is -2.26. The van der Waals surface area contributed by atoms with Gasteiger partial charge in [0.2, 0.25) is 15.9 Å². The first-order valence-electron chi connectivity index (χ1n) is 6.01. The molecule has 2 rings (SSSR count). The van der Waals surface area contributed by atoms with E-state index in [-0.39, 0.29) is 36.0 Å². The number of piperazine rings is 1. The molecule has 1 aromatic rings. The van der Waals surface area contributed by atoms with Crippen molar-refractivity contribution in [1.82, 2.24) is 9.62 Å². The van der Waals surface area contributed by atoms with Crippen molar-refractivity contribution in [3.05, 3.63) is 28.2 Å². The third-order valence-corrected chi connectivity index (χ3v) is 5.36. The van der Waals surface area contributed by atoms with Crippen molar-refractivity contribution in [2.45, 2.75) is 4.90 Å².